The highest BCUT2D eigenvalue weighted by molar-refractivity contribution is 6.00. The number of rotatable bonds is 3. The van der Waals surface area contributed by atoms with Crippen LogP contribution in [-0.4, -0.2) is 0 Å². The second-order valence-electron chi connectivity index (χ2n) is 8.46. The van der Waals surface area contributed by atoms with Gasteiger partial charge < -0.3 is 0 Å². The van der Waals surface area contributed by atoms with E-state index < -0.39 is 0 Å². The summed E-state index contributed by atoms with van der Waals surface area (Å²) < 4.78 is 0. The van der Waals surface area contributed by atoms with Crippen molar-refractivity contribution >= 4 is 33.7 Å². The van der Waals surface area contributed by atoms with Gasteiger partial charge in [-0.25, -0.2) is 0 Å². The SMILES string of the molecule is CCCc1ccc2cccc3c2c1C=C(C1=Cc2cccc4cccc(c24)C1)C3. The number of hydrogen-bond acceptors (Lipinski definition) is 0. The molecule has 0 amide bonds. The van der Waals surface area contributed by atoms with E-state index in [0.29, 0.717) is 0 Å². The number of allylic oxidation sites excluding steroid dienone is 2. The zero-order valence-corrected chi connectivity index (χ0v) is 16.8. The summed E-state index contributed by atoms with van der Waals surface area (Å²) in [6.45, 7) is 2.28. The number of aryl methyl sites for hydroxylation is 1. The van der Waals surface area contributed by atoms with E-state index in [1.165, 1.54) is 66.9 Å². The molecule has 0 heterocycles. The van der Waals surface area contributed by atoms with Gasteiger partial charge in [0.1, 0.15) is 0 Å². The van der Waals surface area contributed by atoms with Crippen LogP contribution in [0.4, 0.5) is 0 Å². The van der Waals surface area contributed by atoms with Gasteiger partial charge in [-0.2, -0.15) is 0 Å². The van der Waals surface area contributed by atoms with Gasteiger partial charge in [0.2, 0.25) is 0 Å². The lowest BCUT2D eigenvalue weighted by atomic mass is 9.79. The Morgan fingerprint density at radius 1 is 0.655 bits per heavy atom. The average molecular weight is 373 g/mol. The average Bonchev–Trinajstić information content (AvgIpc) is 2.76. The van der Waals surface area contributed by atoms with E-state index in [1.807, 2.05) is 0 Å². The van der Waals surface area contributed by atoms with E-state index >= 15 is 0 Å². The predicted octanol–water partition coefficient (Wildman–Crippen LogP) is 7.52. The zero-order valence-electron chi connectivity index (χ0n) is 16.8. The molecule has 0 saturated heterocycles. The molecule has 0 aliphatic heterocycles. The third-order valence-corrected chi connectivity index (χ3v) is 6.63. The van der Waals surface area contributed by atoms with Crippen LogP contribution in [-0.2, 0) is 19.3 Å². The zero-order chi connectivity index (χ0) is 19.4. The monoisotopic (exact) mass is 372 g/mol. The van der Waals surface area contributed by atoms with Crippen LogP contribution in [0.25, 0.3) is 33.7 Å². The Labute approximate surface area is 172 Å². The molecule has 0 unspecified atom stereocenters. The Hall–Kier alpha value is -3.12. The van der Waals surface area contributed by atoms with Crippen molar-refractivity contribution in [2.75, 3.05) is 0 Å². The summed E-state index contributed by atoms with van der Waals surface area (Å²) in [5, 5.41) is 5.64. The van der Waals surface area contributed by atoms with Crippen molar-refractivity contribution in [3.63, 3.8) is 0 Å². The fourth-order valence-electron chi connectivity index (χ4n) is 5.33. The Bertz CT molecular complexity index is 1340. The predicted molar refractivity (Wildman–Crippen MR) is 125 cm³/mol. The molecule has 2 aliphatic rings. The van der Waals surface area contributed by atoms with Crippen LogP contribution in [0.5, 0.6) is 0 Å². The highest BCUT2D eigenvalue weighted by Crippen LogP contribution is 2.40. The molecule has 0 nitrogen and oxygen atoms in total. The van der Waals surface area contributed by atoms with Crippen LogP contribution in [0.1, 0.15) is 41.2 Å². The maximum Gasteiger partial charge on any atom is -0.00163 e. The Morgan fingerprint density at radius 3 is 2.07 bits per heavy atom. The molecule has 29 heavy (non-hydrogen) atoms. The summed E-state index contributed by atoms with van der Waals surface area (Å²) in [6.07, 6.45) is 9.33. The lowest BCUT2D eigenvalue weighted by Crippen LogP contribution is -2.08. The topological polar surface area (TPSA) is 0 Å². The molecular formula is C29H24. The fraction of sp³-hybridized carbons (Fsp3) is 0.172. The summed E-state index contributed by atoms with van der Waals surface area (Å²) >= 11 is 0. The highest BCUT2D eigenvalue weighted by Gasteiger charge is 2.21. The van der Waals surface area contributed by atoms with Crippen molar-refractivity contribution in [3.05, 3.63) is 106 Å². The van der Waals surface area contributed by atoms with E-state index in [4.69, 9.17) is 0 Å². The third kappa shape index (κ3) is 2.59. The molecule has 0 atom stereocenters. The highest BCUT2D eigenvalue weighted by atomic mass is 14.3. The van der Waals surface area contributed by atoms with Gasteiger partial charge in [0, 0.05) is 0 Å². The molecule has 140 valence electrons. The van der Waals surface area contributed by atoms with Crippen LogP contribution in [0.2, 0.25) is 0 Å². The summed E-state index contributed by atoms with van der Waals surface area (Å²) in [4.78, 5) is 0. The largest absolute Gasteiger partial charge is 0.0651 e. The molecular weight excluding hydrogens is 348 g/mol. The van der Waals surface area contributed by atoms with E-state index in [0.717, 1.165) is 19.3 Å². The molecule has 4 aromatic rings. The summed E-state index contributed by atoms with van der Waals surface area (Å²) in [5.74, 6) is 0. The smallest absolute Gasteiger partial charge is 0.00163 e. The minimum Gasteiger partial charge on any atom is -0.0651 e. The van der Waals surface area contributed by atoms with Gasteiger partial charge in [-0.05, 0) is 79.8 Å². The summed E-state index contributed by atoms with van der Waals surface area (Å²) in [6, 6.07) is 24.9. The van der Waals surface area contributed by atoms with Gasteiger partial charge in [0.05, 0.1) is 0 Å². The molecule has 0 spiro atoms. The quantitative estimate of drug-likeness (QED) is 0.349. The van der Waals surface area contributed by atoms with E-state index in [9.17, 15) is 0 Å². The molecule has 0 bridgehead atoms. The standard InChI is InChI=1S/C29H24/c1-2-6-19-13-14-21-9-5-12-24-17-26(18-27(19)29(21)24)25-15-22-10-3-7-20-8-4-11-23(16-25)28(20)22/h3-5,7-15,18H,2,6,16-17H2,1H3. The molecule has 0 N–H and O–H groups in total. The molecule has 0 aromatic heterocycles. The van der Waals surface area contributed by atoms with Crippen LogP contribution in [0.15, 0.2) is 77.9 Å². The van der Waals surface area contributed by atoms with E-state index in [1.54, 1.807) is 0 Å². The van der Waals surface area contributed by atoms with Gasteiger partial charge in [0.25, 0.3) is 0 Å². The molecule has 0 fully saturated rings. The lowest BCUT2D eigenvalue weighted by Gasteiger charge is -2.25. The first-order chi connectivity index (χ1) is 14.3. The van der Waals surface area contributed by atoms with Gasteiger partial charge >= 0.3 is 0 Å². The van der Waals surface area contributed by atoms with Gasteiger partial charge in [-0.1, -0.05) is 92.2 Å². The second-order valence-corrected chi connectivity index (χ2v) is 8.46. The third-order valence-electron chi connectivity index (χ3n) is 6.63. The maximum atomic E-state index is 2.50. The second kappa shape index (κ2) is 6.46. The molecule has 6 rings (SSSR count). The molecule has 4 aromatic carbocycles. The first-order valence-corrected chi connectivity index (χ1v) is 10.8. The first-order valence-electron chi connectivity index (χ1n) is 10.8. The van der Waals surface area contributed by atoms with Gasteiger partial charge in [-0.15, -0.1) is 0 Å². The molecule has 2 aliphatic carbocycles. The summed E-state index contributed by atoms with van der Waals surface area (Å²) in [7, 11) is 0. The maximum absolute atomic E-state index is 2.50. The molecule has 0 radical (unpaired) electrons. The fourth-order valence-corrected chi connectivity index (χ4v) is 5.33. The number of benzene rings is 4. The van der Waals surface area contributed by atoms with Crippen molar-refractivity contribution in [2.24, 2.45) is 0 Å². The Balaban J connectivity index is 1.55. The van der Waals surface area contributed by atoms with E-state index in [2.05, 4.69) is 85.8 Å². The Morgan fingerprint density at radius 2 is 1.31 bits per heavy atom. The van der Waals surface area contributed by atoms with Crippen molar-refractivity contribution in [2.45, 2.75) is 32.6 Å². The van der Waals surface area contributed by atoms with Gasteiger partial charge in [0.15, 0.2) is 0 Å². The molecule has 0 saturated carbocycles. The van der Waals surface area contributed by atoms with E-state index in [-0.39, 0.29) is 0 Å². The van der Waals surface area contributed by atoms with Gasteiger partial charge in [-0.3, -0.25) is 0 Å². The lowest BCUT2D eigenvalue weighted by molar-refractivity contribution is 0.920. The molecule has 0 heteroatoms. The van der Waals surface area contributed by atoms with Crippen molar-refractivity contribution in [3.8, 4) is 0 Å². The van der Waals surface area contributed by atoms with Crippen molar-refractivity contribution in [1.82, 2.24) is 0 Å². The van der Waals surface area contributed by atoms with Crippen LogP contribution >= 0.6 is 0 Å². The minimum absolute atomic E-state index is 1.03. The van der Waals surface area contributed by atoms with Crippen LogP contribution in [0.3, 0.4) is 0 Å². The Kier molecular flexibility index (Phi) is 3.74. The van der Waals surface area contributed by atoms with Crippen molar-refractivity contribution in [1.29, 1.82) is 0 Å². The normalized spacial score (nSPS) is 14.8. The van der Waals surface area contributed by atoms with Crippen LogP contribution < -0.4 is 0 Å². The minimum atomic E-state index is 1.03. The van der Waals surface area contributed by atoms with Crippen LogP contribution in [0, 0.1) is 0 Å². The number of hydrogen-bond donors (Lipinski definition) is 0. The first kappa shape index (κ1) is 16.8. The summed E-state index contributed by atoms with van der Waals surface area (Å²) in [5.41, 5.74) is 10.2. The van der Waals surface area contributed by atoms with Crippen molar-refractivity contribution < 1.29 is 0 Å².